The lowest BCUT2D eigenvalue weighted by molar-refractivity contribution is -0.142. The molecule has 0 spiro atoms. The second kappa shape index (κ2) is 8.20. The van der Waals surface area contributed by atoms with Gasteiger partial charge in [0, 0.05) is 56.3 Å². The number of alkyl halides is 4. The molecule has 2 aliphatic carbocycles. The molecule has 2 saturated carbocycles. The summed E-state index contributed by atoms with van der Waals surface area (Å²) in [4.78, 5) is 32.3. The number of Topliss-reactive ketones (excluding diaryl/α,β-unsaturated/α-hetero) is 1. The number of aromatic nitrogens is 2. The summed E-state index contributed by atoms with van der Waals surface area (Å²) in [5, 5.41) is 4.32. The van der Waals surface area contributed by atoms with Crippen LogP contribution in [0.4, 0.5) is 23.4 Å². The molecule has 0 N–H and O–H groups in total. The van der Waals surface area contributed by atoms with Crippen LogP contribution in [0.25, 0.3) is 0 Å². The number of carbonyl (C=O) groups is 2. The Balaban J connectivity index is 1.36. The Hall–Kier alpha value is -2.26. The molecule has 1 saturated heterocycles. The molecule has 1 aromatic rings. The van der Waals surface area contributed by atoms with Gasteiger partial charge in [-0.1, -0.05) is 6.42 Å². The zero-order valence-corrected chi connectivity index (χ0v) is 18.4. The van der Waals surface area contributed by atoms with E-state index in [0.717, 1.165) is 6.42 Å². The van der Waals surface area contributed by atoms with Gasteiger partial charge < -0.3 is 4.90 Å². The molecular weight excluding hydrogens is 440 g/mol. The molecular formula is C23H28F4N4O2. The van der Waals surface area contributed by atoms with Crippen molar-refractivity contribution in [1.29, 1.82) is 0 Å². The molecule has 0 aromatic carbocycles. The highest BCUT2D eigenvalue weighted by atomic mass is 19.3. The van der Waals surface area contributed by atoms with Gasteiger partial charge in [0.15, 0.2) is 11.6 Å². The summed E-state index contributed by atoms with van der Waals surface area (Å²) in [7, 11) is 0. The van der Waals surface area contributed by atoms with Crippen molar-refractivity contribution in [3.63, 3.8) is 0 Å². The van der Waals surface area contributed by atoms with Crippen LogP contribution in [0.2, 0.25) is 0 Å². The average molecular weight is 468 g/mol. The number of ketones is 1. The van der Waals surface area contributed by atoms with Crippen LogP contribution >= 0.6 is 0 Å². The van der Waals surface area contributed by atoms with Crippen LogP contribution in [-0.4, -0.2) is 57.0 Å². The number of fused-ring (bicyclic) bond motifs is 1. The highest BCUT2D eigenvalue weighted by molar-refractivity contribution is 6.16. The molecule has 2 aliphatic heterocycles. The van der Waals surface area contributed by atoms with Gasteiger partial charge in [0.05, 0.1) is 24.2 Å². The molecule has 5 rings (SSSR count). The summed E-state index contributed by atoms with van der Waals surface area (Å²) >= 11 is 0. The minimum atomic E-state index is -2.72. The van der Waals surface area contributed by atoms with Gasteiger partial charge in [-0.05, 0) is 25.7 Å². The van der Waals surface area contributed by atoms with Crippen LogP contribution in [0, 0.1) is 11.8 Å². The molecule has 180 valence electrons. The summed E-state index contributed by atoms with van der Waals surface area (Å²) in [5.41, 5.74) is 1.03. The number of amides is 1. The molecule has 1 amide bonds. The largest absolute Gasteiger partial charge is 0.342 e. The van der Waals surface area contributed by atoms with Crippen molar-refractivity contribution >= 4 is 23.2 Å². The van der Waals surface area contributed by atoms with Crippen LogP contribution in [0.5, 0.6) is 0 Å². The zero-order chi connectivity index (χ0) is 23.4. The van der Waals surface area contributed by atoms with Crippen molar-refractivity contribution in [2.24, 2.45) is 16.8 Å². The lowest BCUT2D eigenvalue weighted by Gasteiger charge is -2.35. The minimum Gasteiger partial charge on any atom is -0.342 e. The third-order valence-electron chi connectivity index (χ3n) is 7.76. The Labute approximate surface area is 189 Å². The third-order valence-corrected chi connectivity index (χ3v) is 7.76. The SMILES string of the molecule is O=C1CC([C@H]2CCC[C@@H]2C(=O)N2CCC(F)(F)CC2)=Nc2c1cnn2C1CCC(F)(F)CC1. The number of likely N-dealkylation sites (tertiary alicyclic amines) is 1. The van der Waals surface area contributed by atoms with E-state index in [0.29, 0.717) is 29.9 Å². The lowest BCUT2D eigenvalue weighted by atomic mass is 9.85. The predicted octanol–water partition coefficient (Wildman–Crippen LogP) is 4.97. The van der Waals surface area contributed by atoms with E-state index in [1.807, 2.05) is 0 Å². The van der Waals surface area contributed by atoms with E-state index in [-0.39, 0.29) is 87.6 Å². The summed E-state index contributed by atoms with van der Waals surface area (Å²) in [5.74, 6) is -5.80. The number of carbonyl (C=O) groups excluding carboxylic acids is 2. The molecule has 2 atom stereocenters. The second-order valence-electron chi connectivity index (χ2n) is 9.94. The molecule has 10 heteroatoms. The molecule has 3 fully saturated rings. The van der Waals surface area contributed by atoms with E-state index >= 15 is 0 Å². The maximum Gasteiger partial charge on any atom is 0.251 e. The van der Waals surface area contributed by atoms with E-state index in [4.69, 9.17) is 4.99 Å². The average Bonchev–Trinajstić information content (AvgIpc) is 3.41. The molecule has 0 unspecified atom stereocenters. The first-order valence-corrected chi connectivity index (χ1v) is 11.9. The van der Waals surface area contributed by atoms with Gasteiger partial charge in [0.2, 0.25) is 11.8 Å². The lowest BCUT2D eigenvalue weighted by Crippen LogP contribution is -2.46. The van der Waals surface area contributed by atoms with E-state index in [2.05, 4.69) is 5.10 Å². The fourth-order valence-electron chi connectivity index (χ4n) is 5.79. The van der Waals surface area contributed by atoms with Crippen molar-refractivity contribution in [1.82, 2.24) is 14.7 Å². The van der Waals surface area contributed by atoms with Crippen molar-refractivity contribution in [3.8, 4) is 0 Å². The molecule has 0 bridgehead atoms. The van der Waals surface area contributed by atoms with Gasteiger partial charge in [-0.15, -0.1) is 0 Å². The number of halogens is 4. The monoisotopic (exact) mass is 468 g/mol. The van der Waals surface area contributed by atoms with Crippen LogP contribution < -0.4 is 0 Å². The predicted molar refractivity (Wildman–Crippen MR) is 112 cm³/mol. The number of hydrogen-bond acceptors (Lipinski definition) is 4. The Morgan fingerprint density at radius 3 is 2.33 bits per heavy atom. The molecule has 1 aromatic heterocycles. The summed E-state index contributed by atoms with van der Waals surface area (Å²) in [6.07, 6.45) is 3.20. The molecule has 4 aliphatic rings. The van der Waals surface area contributed by atoms with E-state index < -0.39 is 11.8 Å². The summed E-state index contributed by atoms with van der Waals surface area (Å²) in [6.45, 7) is 0.0907. The summed E-state index contributed by atoms with van der Waals surface area (Å²) < 4.78 is 55.9. The van der Waals surface area contributed by atoms with Gasteiger partial charge in [0.25, 0.3) is 5.92 Å². The van der Waals surface area contributed by atoms with Gasteiger partial charge in [0.1, 0.15) is 0 Å². The van der Waals surface area contributed by atoms with Gasteiger partial charge >= 0.3 is 0 Å². The van der Waals surface area contributed by atoms with E-state index in [9.17, 15) is 27.2 Å². The smallest absolute Gasteiger partial charge is 0.251 e. The van der Waals surface area contributed by atoms with Crippen molar-refractivity contribution in [2.45, 2.75) is 82.1 Å². The molecule has 0 radical (unpaired) electrons. The van der Waals surface area contributed by atoms with Crippen molar-refractivity contribution in [3.05, 3.63) is 11.8 Å². The van der Waals surface area contributed by atoms with Gasteiger partial charge in [-0.25, -0.2) is 27.2 Å². The maximum absolute atomic E-state index is 13.6. The second-order valence-corrected chi connectivity index (χ2v) is 9.94. The Bertz CT molecular complexity index is 969. The normalized spacial score (nSPS) is 29.6. The third kappa shape index (κ3) is 4.33. The first-order chi connectivity index (χ1) is 15.6. The topological polar surface area (TPSA) is 67.6 Å². The molecule has 33 heavy (non-hydrogen) atoms. The van der Waals surface area contributed by atoms with E-state index in [1.54, 1.807) is 4.68 Å². The summed E-state index contributed by atoms with van der Waals surface area (Å²) in [6, 6.07) is -0.236. The Morgan fingerprint density at radius 1 is 0.970 bits per heavy atom. The van der Waals surface area contributed by atoms with Crippen LogP contribution in [0.3, 0.4) is 0 Å². The number of nitrogens with zero attached hydrogens (tertiary/aromatic N) is 4. The number of piperidine rings is 1. The van der Waals surface area contributed by atoms with Crippen LogP contribution in [-0.2, 0) is 4.79 Å². The quantitative estimate of drug-likeness (QED) is 0.589. The van der Waals surface area contributed by atoms with Crippen molar-refractivity contribution < 1.29 is 27.2 Å². The number of hydrogen-bond donors (Lipinski definition) is 0. The number of rotatable bonds is 3. The molecule has 3 heterocycles. The van der Waals surface area contributed by atoms with E-state index in [1.165, 1.54) is 11.1 Å². The highest BCUT2D eigenvalue weighted by Gasteiger charge is 2.44. The fourth-order valence-corrected chi connectivity index (χ4v) is 5.79. The Morgan fingerprint density at radius 2 is 1.64 bits per heavy atom. The highest BCUT2D eigenvalue weighted by Crippen LogP contribution is 2.43. The van der Waals surface area contributed by atoms with Gasteiger partial charge in [-0.3, -0.25) is 9.59 Å². The van der Waals surface area contributed by atoms with Crippen LogP contribution in [0.1, 0.15) is 80.6 Å². The Kier molecular flexibility index (Phi) is 5.60. The number of aliphatic imine (C=N–C) groups is 1. The fraction of sp³-hybridized carbons (Fsp3) is 0.739. The maximum atomic E-state index is 13.6. The molecule has 6 nitrogen and oxygen atoms in total. The first kappa shape index (κ1) is 22.5. The van der Waals surface area contributed by atoms with Crippen LogP contribution in [0.15, 0.2) is 11.2 Å². The zero-order valence-electron chi connectivity index (χ0n) is 18.4. The van der Waals surface area contributed by atoms with Crippen molar-refractivity contribution in [2.75, 3.05) is 13.1 Å². The standard InChI is InChI=1S/C23H28F4N4O2/c24-22(25)6-4-14(5-7-22)31-20-17(13-28-31)19(32)12-18(29-20)15-2-1-3-16(15)21(33)30-10-8-23(26,27)9-11-30/h13-16H,1-12H2/t15-,16-/m0/s1. The van der Waals surface area contributed by atoms with Gasteiger partial charge in [-0.2, -0.15) is 5.10 Å². The first-order valence-electron chi connectivity index (χ1n) is 11.9. The minimum absolute atomic E-state index is 0.0453.